The van der Waals surface area contributed by atoms with Gasteiger partial charge in [-0.25, -0.2) is 0 Å². The second-order valence-electron chi connectivity index (χ2n) is 10.1. The lowest BCUT2D eigenvalue weighted by Crippen LogP contribution is -2.54. The molecule has 4 aliphatic rings. The number of amides is 1. The minimum absolute atomic E-state index is 0.313. The van der Waals surface area contributed by atoms with E-state index in [1.807, 2.05) is 0 Å². The van der Waals surface area contributed by atoms with Gasteiger partial charge in [0.25, 0.3) is 0 Å². The molecule has 4 rings (SSSR count). The summed E-state index contributed by atoms with van der Waals surface area (Å²) in [6.45, 7) is 2.12. The smallest absolute Gasteiger partial charge is 0.223 e. The fourth-order valence-corrected chi connectivity index (χ4v) is 6.88. The molecule has 1 aliphatic heterocycles. The van der Waals surface area contributed by atoms with Gasteiger partial charge in [0, 0.05) is 25.0 Å². The largest absolute Gasteiger partial charge is 0.342 e. The molecule has 3 heteroatoms. The number of carbonyl (C=O) groups excluding carboxylic acids is 1. The van der Waals surface area contributed by atoms with Crippen LogP contribution in [0.25, 0.3) is 0 Å². The van der Waals surface area contributed by atoms with Crippen molar-refractivity contribution in [3.8, 4) is 0 Å². The molecule has 3 nitrogen and oxygen atoms in total. The van der Waals surface area contributed by atoms with Crippen molar-refractivity contribution in [1.29, 1.82) is 0 Å². The zero-order valence-electron chi connectivity index (χ0n) is 16.6. The summed E-state index contributed by atoms with van der Waals surface area (Å²) in [5.74, 6) is 2.15. The van der Waals surface area contributed by atoms with Gasteiger partial charge >= 0.3 is 0 Å². The quantitative estimate of drug-likeness (QED) is 0.750. The molecule has 25 heavy (non-hydrogen) atoms. The molecular formula is C22H38N2O. The standard InChI is InChI=1S/C22H38N2O/c1-23(2)22(19-9-5-6-10-19)13-11-21(12-14-22)15-20(25)24(17-21)16-18-7-3-4-8-18/h18-19H,3-17H2,1-2H3. The Labute approximate surface area is 154 Å². The van der Waals surface area contributed by atoms with Crippen LogP contribution in [-0.2, 0) is 4.79 Å². The third-order valence-corrected chi connectivity index (χ3v) is 8.54. The summed E-state index contributed by atoms with van der Waals surface area (Å²) >= 11 is 0. The highest BCUT2D eigenvalue weighted by atomic mass is 16.2. The molecule has 1 heterocycles. The third-order valence-electron chi connectivity index (χ3n) is 8.54. The van der Waals surface area contributed by atoms with E-state index in [1.165, 1.54) is 77.0 Å². The first-order valence-electron chi connectivity index (χ1n) is 11.0. The van der Waals surface area contributed by atoms with Crippen LogP contribution in [0, 0.1) is 17.3 Å². The Bertz CT molecular complexity index is 480. The molecule has 1 spiro atoms. The van der Waals surface area contributed by atoms with Crippen molar-refractivity contribution in [2.75, 3.05) is 27.2 Å². The maximum Gasteiger partial charge on any atom is 0.223 e. The van der Waals surface area contributed by atoms with Crippen molar-refractivity contribution in [3.63, 3.8) is 0 Å². The highest BCUT2D eigenvalue weighted by Crippen LogP contribution is 2.53. The van der Waals surface area contributed by atoms with Gasteiger partial charge in [-0.05, 0) is 82.7 Å². The van der Waals surface area contributed by atoms with Gasteiger partial charge in [0.15, 0.2) is 0 Å². The van der Waals surface area contributed by atoms with Crippen molar-refractivity contribution in [2.24, 2.45) is 17.3 Å². The number of hydrogen-bond acceptors (Lipinski definition) is 2. The molecule has 4 fully saturated rings. The van der Waals surface area contributed by atoms with Crippen molar-refractivity contribution in [1.82, 2.24) is 9.80 Å². The van der Waals surface area contributed by atoms with Crippen molar-refractivity contribution >= 4 is 5.91 Å². The number of hydrogen-bond donors (Lipinski definition) is 0. The lowest BCUT2D eigenvalue weighted by molar-refractivity contribution is -0.128. The summed E-state index contributed by atoms with van der Waals surface area (Å²) in [6, 6.07) is 0. The van der Waals surface area contributed by atoms with Gasteiger partial charge in [-0.1, -0.05) is 25.7 Å². The molecule has 0 unspecified atom stereocenters. The average Bonchev–Trinajstić information content (AvgIpc) is 3.32. The van der Waals surface area contributed by atoms with E-state index in [0.717, 1.165) is 31.3 Å². The van der Waals surface area contributed by atoms with Crippen LogP contribution < -0.4 is 0 Å². The summed E-state index contributed by atoms with van der Waals surface area (Å²) in [4.78, 5) is 17.5. The summed E-state index contributed by atoms with van der Waals surface area (Å²) in [7, 11) is 4.62. The van der Waals surface area contributed by atoms with Gasteiger partial charge in [0.05, 0.1) is 0 Å². The van der Waals surface area contributed by atoms with Crippen LogP contribution in [-0.4, -0.2) is 48.4 Å². The molecule has 0 aromatic carbocycles. The zero-order valence-corrected chi connectivity index (χ0v) is 16.6. The second kappa shape index (κ2) is 6.87. The van der Waals surface area contributed by atoms with Gasteiger partial charge in [0.1, 0.15) is 0 Å². The van der Waals surface area contributed by atoms with E-state index in [-0.39, 0.29) is 0 Å². The van der Waals surface area contributed by atoms with Crippen LogP contribution in [0.5, 0.6) is 0 Å². The highest BCUT2D eigenvalue weighted by Gasteiger charge is 2.52. The molecule has 0 N–H and O–H groups in total. The Morgan fingerprint density at radius 3 is 2.16 bits per heavy atom. The summed E-state index contributed by atoms with van der Waals surface area (Å²) in [5.41, 5.74) is 0.734. The van der Waals surface area contributed by atoms with E-state index < -0.39 is 0 Å². The van der Waals surface area contributed by atoms with E-state index >= 15 is 0 Å². The van der Waals surface area contributed by atoms with E-state index in [9.17, 15) is 4.79 Å². The fourth-order valence-electron chi connectivity index (χ4n) is 6.88. The maximum absolute atomic E-state index is 12.7. The first-order chi connectivity index (χ1) is 12.0. The topological polar surface area (TPSA) is 23.6 Å². The first kappa shape index (κ1) is 17.8. The monoisotopic (exact) mass is 346 g/mol. The predicted octanol–water partition coefficient (Wildman–Crippen LogP) is 4.46. The second-order valence-corrected chi connectivity index (χ2v) is 10.1. The van der Waals surface area contributed by atoms with Crippen LogP contribution >= 0.6 is 0 Å². The normalized spacial score (nSPS) is 37.9. The van der Waals surface area contributed by atoms with Gasteiger partial charge in [-0.2, -0.15) is 0 Å². The molecule has 0 aromatic rings. The molecule has 0 aromatic heterocycles. The number of rotatable bonds is 4. The summed E-state index contributed by atoms with van der Waals surface area (Å²) in [6.07, 6.45) is 17.2. The Morgan fingerprint density at radius 1 is 0.960 bits per heavy atom. The van der Waals surface area contributed by atoms with Gasteiger partial charge < -0.3 is 9.80 Å². The molecule has 1 saturated heterocycles. The molecule has 3 saturated carbocycles. The maximum atomic E-state index is 12.7. The van der Waals surface area contributed by atoms with Crippen LogP contribution in [0.1, 0.15) is 83.5 Å². The van der Waals surface area contributed by atoms with E-state index in [1.54, 1.807) is 0 Å². The van der Waals surface area contributed by atoms with Crippen LogP contribution in [0.3, 0.4) is 0 Å². The third kappa shape index (κ3) is 3.26. The first-order valence-corrected chi connectivity index (χ1v) is 11.0. The van der Waals surface area contributed by atoms with E-state index in [2.05, 4.69) is 23.9 Å². The van der Waals surface area contributed by atoms with Crippen LogP contribution in [0.4, 0.5) is 0 Å². The highest BCUT2D eigenvalue weighted by molar-refractivity contribution is 5.79. The number of carbonyl (C=O) groups is 1. The molecule has 1 amide bonds. The Hall–Kier alpha value is -0.570. The molecule has 0 radical (unpaired) electrons. The van der Waals surface area contributed by atoms with Gasteiger partial charge in [-0.15, -0.1) is 0 Å². The average molecular weight is 347 g/mol. The minimum atomic E-state index is 0.313. The van der Waals surface area contributed by atoms with Gasteiger partial charge in [-0.3, -0.25) is 4.79 Å². The molecule has 142 valence electrons. The number of nitrogens with zero attached hydrogens (tertiary/aromatic N) is 2. The Kier molecular flexibility index (Phi) is 4.90. The molecule has 0 bridgehead atoms. The molecule has 0 atom stereocenters. The van der Waals surface area contributed by atoms with Crippen molar-refractivity contribution < 1.29 is 4.79 Å². The van der Waals surface area contributed by atoms with Crippen molar-refractivity contribution in [2.45, 2.75) is 89.0 Å². The lowest BCUT2D eigenvalue weighted by atomic mass is 9.62. The minimum Gasteiger partial charge on any atom is -0.342 e. The van der Waals surface area contributed by atoms with E-state index in [4.69, 9.17) is 0 Å². The lowest BCUT2D eigenvalue weighted by Gasteiger charge is -2.52. The predicted molar refractivity (Wildman–Crippen MR) is 102 cm³/mol. The molecular weight excluding hydrogens is 308 g/mol. The van der Waals surface area contributed by atoms with Crippen LogP contribution in [0.2, 0.25) is 0 Å². The van der Waals surface area contributed by atoms with Gasteiger partial charge in [0.2, 0.25) is 5.91 Å². The Morgan fingerprint density at radius 2 is 1.56 bits per heavy atom. The summed E-state index contributed by atoms with van der Waals surface area (Å²) in [5, 5.41) is 0. The summed E-state index contributed by atoms with van der Waals surface area (Å²) < 4.78 is 0. The molecule has 3 aliphatic carbocycles. The van der Waals surface area contributed by atoms with Crippen LogP contribution in [0.15, 0.2) is 0 Å². The van der Waals surface area contributed by atoms with Crippen molar-refractivity contribution in [3.05, 3.63) is 0 Å². The SMILES string of the molecule is CN(C)C1(C2CCCC2)CCC2(CC1)CC(=O)N(CC1CCCC1)C2. The Balaban J connectivity index is 1.41. The number of likely N-dealkylation sites (tertiary alicyclic amines) is 1. The van der Waals surface area contributed by atoms with E-state index in [0.29, 0.717) is 16.9 Å². The fraction of sp³-hybridized carbons (Fsp3) is 0.955. The zero-order chi connectivity index (χ0) is 17.5.